The number of carbonyl (C=O) groups is 2. The summed E-state index contributed by atoms with van der Waals surface area (Å²) in [6, 6.07) is 1.52. The second-order valence-corrected chi connectivity index (χ2v) is 12.7. The number of aliphatic hydroxyl groups excluding tert-OH is 2. The molecule has 48 heavy (non-hydrogen) atoms. The maximum absolute atomic E-state index is 13.2. The van der Waals surface area contributed by atoms with Crippen LogP contribution in [-0.4, -0.2) is 92.9 Å². The molecule has 7 rings (SSSR count). The van der Waals surface area contributed by atoms with Crippen molar-refractivity contribution >= 4 is 48.4 Å². The second-order valence-electron chi connectivity index (χ2n) is 11.4. The lowest BCUT2D eigenvalue weighted by molar-refractivity contribution is -0.114. The molecule has 20 nitrogen and oxygen atoms in total. The number of hydrogen-bond acceptors (Lipinski definition) is 16. The standard InChI is InChI=1S/C27H28N5O15P/c1-42-11-5-12-17(21-16(11)8-2-3-9(34)15(8)25(38)46-21)18-20(36)24(47-26(18)45-12)32(7-33)19-22(30-27(28)31-23(19)37)29-14-4-10(35)13(44-14)6-43-48(39,40)41/h5,7,10,13-14,18,20,24,26,35-36H,2-4,6H2,1H3,(H2,39,40,41)(H4,28,29,30,31,37)/t10-,13+,14+,18+,20+,24+,26-/m0/s1. The van der Waals surface area contributed by atoms with Crippen molar-refractivity contribution in [1.29, 1.82) is 0 Å². The normalized spacial score (nSPS) is 27.4. The Hall–Kier alpha value is -4.40. The van der Waals surface area contributed by atoms with Gasteiger partial charge in [0.05, 0.1) is 36.7 Å². The topological polar surface area (TPSA) is 296 Å². The lowest BCUT2D eigenvalue weighted by Gasteiger charge is -2.29. The van der Waals surface area contributed by atoms with E-state index in [9.17, 15) is 34.0 Å². The highest BCUT2D eigenvalue weighted by atomic mass is 31.2. The first kappa shape index (κ1) is 32.2. The Balaban J connectivity index is 1.22. The highest BCUT2D eigenvalue weighted by Crippen LogP contribution is 2.53. The highest BCUT2D eigenvalue weighted by molar-refractivity contribution is 7.46. The molecule has 2 saturated heterocycles. The molecule has 4 aliphatic rings. The maximum Gasteiger partial charge on any atom is 0.469 e. The van der Waals surface area contributed by atoms with Gasteiger partial charge in [-0.2, -0.15) is 4.98 Å². The van der Waals surface area contributed by atoms with Gasteiger partial charge in [-0.1, -0.05) is 0 Å². The van der Waals surface area contributed by atoms with Crippen LogP contribution in [0.3, 0.4) is 0 Å². The number of nitrogens with two attached hydrogens (primary N) is 1. The number of H-pyrrole nitrogens is 1. The van der Waals surface area contributed by atoms with Gasteiger partial charge in [0.2, 0.25) is 18.6 Å². The highest BCUT2D eigenvalue weighted by Gasteiger charge is 2.55. The number of nitrogens with one attached hydrogen (secondary N) is 2. The Morgan fingerprint density at radius 2 is 2.00 bits per heavy atom. The molecule has 2 fully saturated rings. The minimum Gasteiger partial charge on any atom is -0.496 e. The minimum atomic E-state index is -4.86. The van der Waals surface area contributed by atoms with Crippen molar-refractivity contribution in [3.05, 3.63) is 43.5 Å². The summed E-state index contributed by atoms with van der Waals surface area (Å²) in [6.45, 7) is -0.659. The number of phosphoric acid groups is 1. The molecule has 3 aromatic rings. The van der Waals surface area contributed by atoms with Gasteiger partial charge in [0.25, 0.3) is 5.56 Å². The number of rotatable bonds is 9. The zero-order chi connectivity index (χ0) is 34.2. The maximum atomic E-state index is 13.2. The number of benzene rings is 1. The summed E-state index contributed by atoms with van der Waals surface area (Å²) < 4.78 is 44.2. The van der Waals surface area contributed by atoms with Gasteiger partial charge in [-0.3, -0.25) is 28.8 Å². The molecular weight excluding hydrogens is 665 g/mol. The number of hydrogen-bond donors (Lipinski definition) is 7. The molecule has 5 heterocycles. The number of ether oxygens (including phenoxy) is 4. The van der Waals surface area contributed by atoms with Gasteiger partial charge in [-0.25, -0.2) is 9.36 Å². The molecule has 2 aromatic heterocycles. The Kier molecular flexibility index (Phi) is 7.80. The Labute approximate surface area is 267 Å². The average molecular weight is 694 g/mol. The Morgan fingerprint density at radius 1 is 1.23 bits per heavy atom. The molecule has 0 bridgehead atoms. The van der Waals surface area contributed by atoms with Gasteiger partial charge in [0.15, 0.2) is 23.5 Å². The smallest absolute Gasteiger partial charge is 0.469 e. The number of amides is 1. The average Bonchev–Trinajstić information content (AvgIpc) is 3.76. The fraction of sp³-hybridized carbons (Fsp3) is 0.444. The summed E-state index contributed by atoms with van der Waals surface area (Å²) in [7, 11) is -3.47. The van der Waals surface area contributed by atoms with E-state index in [4.69, 9.17) is 38.9 Å². The number of nitrogen functional groups attached to an aromatic ring is 1. The monoisotopic (exact) mass is 693 g/mol. The molecule has 1 aromatic carbocycles. The van der Waals surface area contributed by atoms with Gasteiger partial charge >= 0.3 is 13.4 Å². The van der Waals surface area contributed by atoms with Crippen LogP contribution in [0.4, 0.5) is 17.5 Å². The van der Waals surface area contributed by atoms with E-state index < -0.39 is 74.3 Å². The number of aromatic amines is 1. The summed E-state index contributed by atoms with van der Waals surface area (Å²) >= 11 is 0. The van der Waals surface area contributed by atoms with Crippen molar-refractivity contribution in [3.63, 3.8) is 0 Å². The molecule has 0 spiro atoms. The molecule has 8 N–H and O–H groups in total. The van der Waals surface area contributed by atoms with E-state index in [0.29, 0.717) is 10.9 Å². The van der Waals surface area contributed by atoms with Crippen molar-refractivity contribution in [2.75, 3.05) is 29.7 Å². The number of aryl methyl sites for hydroxylation is 1. The third-order valence-corrected chi connectivity index (χ3v) is 9.13. The number of carbonyl (C=O) groups excluding carboxylic acids is 2. The number of aromatic nitrogens is 2. The van der Waals surface area contributed by atoms with Crippen LogP contribution in [-0.2, 0) is 29.8 Å². The largest absolute Gasteiger partial charge is 0.496 e. The molecular formula is C27H28N5O15P. The van der Waals surface area contributed by atoms with Gasteiger partial charge < -0.3 is 54.4 Å². The number of nitrogens with zero attached hydrogens (tertiary/aromatic N) is 2. The second kappa shape index (κ2) is 11.6. The molecule has 1 amide bonds. The van der Waals surface area contributed by atoms with Crippen LogP contribution in [0.5, 0.6) is 11.5 Å². The van der Waals surface area contributed by atoms with Gasteiger partial charge in [0, 0.05) is 18.9 Å². The van der Waals surface area contributed by atoms with Crippen molar-refractivity contribution in [2.45, 2.75) is 62.2 Å². The van der Waals surface area contributed by atoms with E-state index >= 15 is 0 Å². The third-order valence-electron chi connectivity index (χ3n) is 8.64. The number of methoxy groups -OCH3 is 1. The minimum absolute atomic E-state index is 0.0137. The first-order valence-corrected chi connectivity index (χ1v) is 16.0. The summed E-state index contributed by atoms with van der Waals surface area (Å²) in [6.07, 6.45) is -7.51. The summed E-state index contributed by atoms with van der Waals surface area (Å²) in [5, 5.41) is 25.1. The van der Waals surface area contributed by atoms with Crippen LogP contribution in [0.2, 0.25) is 0 Å². The van der Waals surface area contributed by atoms with E-state index in [0.717, 1.165) is 4.90 Å². The molecule has 0 saturated carbocycles. The number of phosphoric ester groups is 1. The fourth-order valence-electron chi connectivity index (χ4n) is 6.64. The Morgan fingerprint density at radius 3 is 2.71 bits per heavy atom. The van der Waals surface area contributed by atoms with E-state index in [-0.39, 0.29) is 71.4 Å². The van der Waals surface area contributed by atoms with Crippen molar-refractivity contribution in [3.8, 4) is 11.5 Å². The predicted molar refractivity (Wildman–Crippen MR) is 158 cm³/mol. The van der Waals surface area contributed by atoms with Gasteiger partial charge in [-0.05, 0) is 12.0 Å². The van der Waals surface area contributed by atoms with Crippen molar-refractivity contribution in [1.82, 2.24) is 9.97 Å². The van der Waals surface area contributed by atoms with Crippen LogP contribution in [0, 0.1) is 0 Å². The number of fused-ring (bicyclic) bond motifs is 7. The predicted octanol–water partition coefficient (Wildman–Crippen LogP) is -1.22. The van der Waals surface area contributed by atoms with E-state index in [1.54, 1.807) is 0 Å². The molecule has 21 heteroatoms. The van der Waals surface area contributed by atoms with Crippen molar-refractivity contribution < 1.29 is 62.0 Å². The van der Waals surface area contributed by atoms with Crippen LogP contribution >= 0.6 is 7.82 Å². The summed E-state index contributed by atoms with van der Waals surface area (Å²) in [5.41, 5.74) is 4.11. The van der Waals surface area contributed by atoms with Crippen molar-refractivity contribution in [2.24, 2.45) is 0 Å². The SMILES string of the molecule is COc1cc2c(c3oc(=O)c4c(c13)CCC4=O)[C@H]1[C@@H](O2)O[C@@H](N(C=O)c2c(N[C@H]3C[C@H](O)[C@@H](COP(=O)(O)O)O3)nc(N)[nH]c2=O)[C@@H]1O. The van der Waals surface area contributed by atoms with Gasteiger partial charge in [0.1, 0.15) is 41.1 Å². The number of aliphatic hydroxyl groups is 2. The number of Topliss-reactive ketones (excluding diaryl/α,β-unsaturated/α-hetero) is 1. The zero-order valence-corrected chi connectivity index (χ0v) is 25.6. The first-order chi connectivity index (χ1) is 22.8. The van der Waals surface area contributed by atoms with E-state index in [1.165, 1.54) is 13.2 Å². The molecule has 3 aliphatic heterocycles. The van der Waals surface area contributed by atoms with Crippen LogP contribution < -0.4 is 36.6 Å². The number of ketones is 1. The molecule has 0 radical (unpaired) electrons. The lowest BCUT2D eigenvalue weighted by atomic mass is 9.91. The lowest BCUT2D eigenvalue weighted by Crippen LogP contribution is -2.45. The Bertz CT molecular complexity index is 2010. The van der Waals surface area contributed by atoms with Crippen LogP contribution in [0.15, 0.2) is 20.1 Å². The summed E-state index contributed by atoms with van der Waals surface area (Å²) in [5.74, 6) is -1.69. The molecule has 1 aliphatic carbocycles. The first-order valence-electron chi connectivity index (χ1n) is 14.5. The van der Waals surface area contributed by atoms with Crippen LogP contribution in [0.1, 0.15) is 40.2 Å². The molecule has 7 atom stereocenters. The van der Waals surface area contributed by atoms with Crippen LogP contribution in [0.25, 0.3) is 11.0 Å². The molecule has 0 unspecified atom stereocenters. The summed E-state index contributed by atoms with van der Waals surface area (Å²) in [4.78, 5) is 76.2. The number of anilines is 3. The fourth-order valence-corrected chi connectivity index (χ4v) is 6.99. The van der Waals surface area contributed by atoms with E-state index in [1.807, 2.05) is 0 Å². The van der Waals surface area contributed by atoms with E-state index in [2.05, 4.69) is 19.8 Å². The quantitative estimate of drug-likeness (QED) is 0.0784. The third kappa shape index (κ3) is 5.22. The molecule has 256 valence electrons. The zero-order valence-electron chi connectivity index (χ0n) is 24.7. The van der Waals surface area contributed by atoms with Gasteiger partial charge in [-0.15, -0.1) is 0 Å².